The zero-order valence-electron chi connectivity index (χ0n) is 19.7. The van der Waals surface area contributed by atoms with E-state index in [4.69, 9.17) is 4.74 Å². The van der Waals surface area contributed by atoms with Crippen molar-refractivity contribution in [2.75, 3.05) is 26.3 Å². The van der Waals surface area contributed by atoms with Crippen molar-refractivity contribution >= 4 is 39.1 Å². The van der Waals surface area contributed by atoms with Crippen molar-refractivity contribution in [1.82, 2.24) is 9.80 Å². The van der Waals surface area contributed by atoms with E-state index in [0.717, 1.165) is 14.9 Å². The van der Waals surface area contributed by atoms with Crippen molar-refractivity contribution in [2.24, 2.45) is 0 Å². The van der Waals surface area contributed by atoms with Crippen molar-refractivity contribution in [3.63, 3.8) is 0 Å². The van der Waals surface area contributed by atoms with Crippen LogP contribution in [-0.2, 0) is 22.6 Å². The number of benzene rings is 2. The first-order valence-electron chi connectivity index (χ1n) is 11.4. The quantitative estimate of drug-likeness (QED) is 0.267. The molecule has 7 heteroatoms. The molecule has 0 aliphatic heterocycles. The van der Waals surface area contributed by atoms with Crippen LogP contribution in [0.4, 0.5) is 0 Å². The Kier molecular flexibility index (Phi) is 10.3. The first-order chi connectivity index (χ1) is 16.5. The number of thiophene rings is 1. The summed E-state index contributed by atoms with van der Waals surface area (Å²) in [6, 6.07) is 19.3. The minimum absolute atomic E-state index is 0.0261. The lowest BCUT2D eigenvalue weighted by atomic mass is 10.1. The Balaban J connectivity index is 1.79. The van der Waals surface area contributed by atoms with E-state index in [-0.39, 0.29) is 18.4 Å². The summed E-state index contributed by atoms with van der Waals surface area (Å²) in [7, 11) is 0. The van der Waals surface area contributed by atoms with Crippen molar-refractivity contribution < 1.29 is 14.3 Å². The van der Waals surface area contributed by atoms with Crippen molar-refractivity contribution in [3.05, 3.63) is 92.1 Å². The number of rotatable bonds is 12. The third-order valence-corrected chi connectivity index (χ3v) is 7.03. The van der Waals surface area contributed by atoms with Crippen LogP contribution in [0, 0.1) is 6.92 Å². The molecule has 0 atom stereocenters. The fourth-order valence-electron chi connectivity index (χ4n) is 3.57. The number of ether oxygens (including phenoxy) is 1. The van der Waals surface area contributed by atoms with E-state index >= 15 is 0 Å². The summed E-state index contributed by atoms with van der Waals surface area (Å²) in [6.07, 6.45) is 0.673. The Morgan fingerprint density at radius 2 is 1.71 bits per heavy atom. The summed E-state index contributed by atoms with van der Waals surface area (Å²) in [5, 5.41) is 2.05. The summed E-state index contributed by atoms with van der Waals surface area (Å²) in [5.41, 5.74) is 2.80. The molecule has 0 radical (unpaired) electrons. The number of hydrogen-bond donors (Lipinski definition) is 0. The Morgan fingerprint density at radius 1 is 0.971 bits per heavy atom. The van der Waals surface area contributed by atoms with Crippen LogP contribution >= 0.6 is 27.3 Å². The molecule has 1 aromatic heterocycles. The second-order valence-corrected chi connectivity index (χ2v) is 9.96. The molecule has 0 fully saturated rings. The SMILES string of the molecule is CCOCCCN(CC(=O)N(Cc1ccccc1)Cc1sccc1C)C(=O)c1ccc(Br)cc1. The molecule has 0 unspecified atom stereocenters. The number of hydrogen-bond acceptors (Lipinski definition) is 4. The van der Waals surface area contributed by atoms with E-state index < -0.39 is 0 Å². The molecule has 1 heterocycles. The van der Waals surface area contributed by atoms with Gasteiger partial charge in [0.25, 0.3) is 5.91 Å². The van der Waals surface area contributed by atoms with Crippen molar-refractivity contribution in [1.29, 1.82) is 0 Å². The maximum absolute atomic E-state index is 13.6. The zero-order valence-corrected chi connectivity index (χ0v) is 22.1. The highest BCUT2D eigenvalue weighted by Crippen LogP contribution is 2.20. The lowest BCUT2D eigenvalue weighted by Gasteiger charge is -2.28. The molecular formula is C27H31BrN2O3S. The highest BCUT2D eigenvalue weighted by molar-refractivity contribution is 9.10. The first kappa shape index (κ1) is 26.1. The Hall–Kier alpha value is -2.48. The van der Waals surface area contributed by atoms with Crippen molar-refractivity contribution in [3.8, 4) is 0 Å². The first-order valence-corrected chi connectivity index (χ1v) is 13.1. The average molecular weight is 544 g/mol. The van der Waals surface area contributed by atoms with Gasteiger partial charge in [0.15, 0.2) is 0 Å². The molecule has 0 saturated carbocycles. The van der Waals surface area contributed by atoms with Gasteiger partial charge in [0.1, 0.15) is 6.54 Å². The van der Waals surface area contributed by atoms with Gasteiger partial charge in [0.2, 0.25) is 5.91 Å². The van der Waals surface area contributed by atoms with Crippen molar-refractivity contribution in [2.45, 2.75) is 33.4 Å². The maximum Gasteiger partial charge on any atom is 0.254 e. The molecule has 34 heavy (non-hydrogen) atoms. The van der Waals surface area contributed by atoms with Gasteiger partial charge in [-0.2, -0.15) is 0 Å². The highest BCUT2D eigenvalue weighted by atomic mass is 79.9. The van der Waals surface area contributed by atoms with Crippen LogP contribution in [0.5, 0.6) is 0 Å². The van der Waals surface area contributed by atoms with Gasteiger partial charge in [0.05, 0.1) is 6.54 Å². The minimum atomic E-state index is -0.149. The summed E-state index contributed by atoms with van der Waals surface area (Å²) in [6.45, 7) is 6.70. The van der Waals surface area contributed by atoms with Gasteiger partial charge in [0, 0.05) is 41.2 Å². The Morgan fingerprint density at radius 3 is 2.35 bits per heavy atom. The smallest absolute Gasteiger partial charge is 0.254 e. The molecule has 2 amide bonds. The fraction of sp³-hybridized carbons (Fsp3) is 0.333. The number of carbonyl (C=O) groups excluding carboxylic acids is 2. The van der Waals surface area contributed by atoms with E-state index in [1.807, 2.05) is 59.7 Å². The molecule has 0 N–H and O–H groups in total. The summed E-state index contributed by atoms with van der Waals surface area (Å²) in [4.78, 5) is 31.5. The molecular weight excluding hydrogens is 512 g/mol. The van der Waals surface area contributed by atoms with Crippen LogP contribution in [0.15, 0.2) is 70.5 Å². The van der Waals surface area contributed by atoms with Crippen LogP contribution in [0.3, 0.4) is 0 Å². The molecule has 3 rings (SSSR count). The Labute approximate surface area is 214 Å². The lowest BCUT2D eigenvalue weighted by molar-refractivity contribution is -0.133. The standard InChI is InChI=1S/C27H31BrN2O3S/c1-3-33-16-7-15-29(27(32)23-10-12-24(28)13-11-23)20-26(31)30(18-22-8-5-4-6-9-22)19-25-21(2)14-17-34-25/h4-6,8-14,17H,3,7,15-16,18-20H2,1-2H3. The molecule has 0 saturated heterocycles. The second kappa shape index (κ2) is 13.4. The molecule has 3 aromatic rings. The van der Waals surface area contributed by atoms with Gasteiger partial charge in [-0.3, -0.25) is 9.59 Å². The second-order valence-electron chi connectivity index (χ2n) is 8.05. The number of nitrogens with zero attached hydrogens (tertiary/aromatic N) is 2. The van der Waals surface area contributed by atoms with E-state index in [9.17, 15) is 9.59 Å². The van der Waals surface area contributed by atoms with Gasteiger partial charge < -0.3 is 14.5 Å². The number of aryl methyl sites for hydroxylation is 1. The predicted molar refractivity (Wildman–Crippen MR) is 141 cm³/mol. The lowest BCUT2D eigenvalue weighted by Crippen LogP contribution is -2.43. The largest absolute Gasteiger partial charge is 0.382 e. The van der Waals surface area contributed by atoms with E-state index in [1.54, 1.807) is 28.4 Å². The molecule has 180 valence electrons. The number of amides is 2. The summed E-state index contributed by atoms with van der Waals surface area (Å²) in [5.74, 6) is -0.220. The molecule has 2 aromatic carbocycles. The minimum Gasteiger partial charge on any atom is -0.382 e. The van der Waals surface area contributed by atoms with E-state index in [2.05, 4.69) is 28.9 Å². The highest BCUT2D eigenvalue weighted by Gasteiger charge is 2.23. The number of carbonyl (C=O) groups is 2. The van der Waals surface area contributed by atoms with Gasteiger partial charge in [-0.05, 0) is 67.1 Å². The van der Waals surface area contributed by atoms with E-state index in [1.165, 1.54) is 5.56 Å². The van der Waals surface area contributed by atoms with Gasteiger partial charge in [-0.1, -0.05) is 46.3 Å². The molecule has 0 aliphatic carbocycles. The van der Waals surface area contributed by atoms with Crippen LogP contribution in [-0.4, -0.2) is 47.9 Å². The normalized spacial score (nSPS) is 10.8. The Bertz CT molecular complexity index is 1050. The monoisotopic (exact) mass is 542 g/mol. The van der Waals surface area contributed by atoms with E-state index in [0.29, 0.717) is 44.8 Å². The van der Waals surface area contributed by atoms with Gasteiger partial charge in [-0.25, -0.2) is 0 Å². The topological polar surface area (TPSA) is 49.9 Å². The van der Waals surface area contributed by atoms with Crippen LogP contribution < -0.4 is 0 Å². The van der Waals surface area contributed by atoms with Gasteiger partial charge >= 0.3 is 0 Å². The van der Waals surface area contributed by atoms with Crippen LogP contribution in [0.2, 0.25) is 0 Å². The average Bonchev–Trinajstić information content (AvgIpc) is 3.25. The summed E-state index contributed by atoms with van der Waals surface area (Å²) < 4.78 is 6.37. The van der Waals surface area contributed by atoms with Crippen LogP contribution in [0.25, 0.3) is 0 Å². The maximum atomic E-state index is 13.6. The summed E-state index contributed by atoms with van der Waals surface area (Å²) >= 11 is 5.07. The third kappa shape index (κ3) is 7.79. The molecule has 5 nitrogen and oxygen atoms in total. The number of halogens is 1. The molecule has 0 spiro atoms. The van der Waals surface area contributed by atoms with Crippen LogP contribution in [0.1, 0.15) is 39.7 Å². The predicted octanol–water partition coefficient (Wildman–Crippen LogP) is 5.92. The van der Waals surface area contributed by atoms with Gasteiger partial charge in [-0.15, -0.1) is 11.3 Å². The molecule has 0 bridgehead atoms. The molecule has 0 aliphatic rings. The zero-order chi connectivity index (χ0) is 24.3. The third-order valence-electron chi connectivity index (χ3n) is 5.50. The fourth-order valence-corrected chi connectivity index (χ4v) is 4.75.